The minimum Gasteiger partial charge on any atom is -0.396 e. The Morgan fingerprint density at radius 3 is 2.15 bits per heavy atom. The molecule has 4 fully saturated rings. The van der Waals surface area contributed by atoms with Crippen LogP contribution < -0.4 is 0 Å². The zero-order chi connectivity index (χ0) is 9.05. The van der Waals surface area contributed by atoms with E-state index in [4.69, 9.17) is 0 Å². The van der Waals surface area contributed by atoms with Crippen molar-refractivity contribution in [1.29, 1.82) is 0 Å². The Hall–Kier alpha value is -0.0800. The second-order valence-corrected chi connectivity index (χ2v) is 5.54. The smallest absolute Gasteiger partial charge is 0.0656 e. The van der Waals surface area contributed by atoms with Crippen LogP contribution in [0.2, 0.25) is 0 Å². The number of aliphatic hydroxyl groups is 2. The standard InChI is InChI=1S/C11H18O2/c12-6-10-8-1-7-2-9(10)5-11(13,3-7)4-8/h7-10,12-13H,1-6H2. The second kappa shape index (κ2) is 2.48. The van der Waals surface area contributed by atoms with Gasteiger partial charge in [0.05, 0.1) is 5.60 Å². The highest BCUT2D eigenvalue weighted by atomic mass is 16.3. The molecular formula is C11H18O2. The molecule has 13 heavy (non-hydrogen) atoms. The molecule has 0 amide bonds. The Kier molecular flexibility index (Phi) is 1.58. The first-order valence-corrected chi connectivity index (χ1v) is 5.53. The largest absolute Gasteiger partial charge is 0.396 e. The van der Waals surface area contributed by atoms with Crippen LogP contribution in [0.5, 0.6) is 0 Å². The monoisotopic (exact) mass is 182 g/mol. The van der Waals surface area contributed by atoms with Gasteiger partial charge in [0.15, 0.2) is 0 Å². The highest BCUT2D eigenvalue weighted by molar-refractivity contribution is 5.05. The van der Waals surface area contributed by atoms with Gasteiger partial charge < -0.3 is 10.2 Å². The Labute approximate surface area is 79.0 Å². The fourth-order valence-corrected chi connectivity index (χ4v) is 4.38. The summed E-state index contributed by atoms with van der Waals surface area (Å²) in [7, 11) is 0. The average Bonchev–Trinajstić information content (AvgIpc) is 2.00. The number of aliphatic hydroxyl groups excluding tert-OH is 1. The fraction of sp³-hybridized carbons (Fsp3) is 1.00. The molecule has 0 saturated heterocycles. The highest BCUT2D eigenvalue weighted by Gasteiger charge is 2.54. The quantitative estimate of drug-likeness (QED) is 0.639. The summed E-state index contributed by atoms with van der Waals surface area (Å²) in [4.78, 5) is 0. The molecule has 2 nitrogen and oxygen atoms in total. The molecule has 4 aliphatic rings. The lowest BCUT2D eigenvalue weighted by molar-refractivity contribution is -0.158. The van der Waals surface area contributed by atoms with Gasteiger partial charge in [0.25, 0.3) is 0 Å². The van der Waals surface area contributed by atoms with Gasteiger partial charge in [0.1, 0.15) is 0 Å². The van der Waals surface area contributed by atoms with Crippen molar-refractivity contribution < 1.29 is 10.2 Å². The summed E-state index contributed by atoms with van der Waals surface area (Å²) in [5.74, 6) is 2.53. The highest BCUT2D eigenvalue weighted by Crippen LogP contribution is 2.57. The molecule has 2 N–H and O–H groups in total. The van der Waals surface area contributed by atoms with Gasteiger partial charge in [0, 0.05) is 6.61 Å². The van der Waals surface area contributed by atoms with Crippen molar-refractivity contribution in [2.24, 2.45) is 23.7 Å². The van der Waals surface area contributed by atoms with Gasteiger partial charge in [-0.1, -0.05) is 0 Å². The van der Waals surface area contributed by atoms with E-state index in [1.54, 1.807) is 0 Å². The first-order chi connectivity index (χ1) is 6.20. The van der Waals surface area contributed by atoms with E-state index in [1.165, 1.54) is 12.8 Å². The summed E-state index contributed by atoms with van der Waals surface area (Å²) in [6.45, 7) is 0.345. The summed E-state index contributed by atoms with van der Waals surface area (Å²) in [5, 5.41) is 19.5. The molecule has 74 valence electrons. The molecule has 0 spiro atoms. The maximum Gasteiger partial charge on any atom is 0.0656 e. The number of hydrogen-bond acceptors (Lipinski definition) is 2. The van der Waals surface area contributed by atoms with Crippen LogP contribution in [0, 0.1) is 23.7 Å². The zero-order valence-electron chi connectivity index (χ0n) is 7.95. The van der Waals surface area contributed by atoms with E-state index >= 15 is 0 Å². The first-order valence-electron chi connectivity index (χ1n) is 5.53. The van der Waals surface area contributed by atoms with E-state index < -0.39 is 0 Å². The van der Waals surface area contributed by atoms with Crippen molar-refractivity contribution in [3.63, 3.8) is 0 Å². The van der Waals surface area contributed by atoms with Crippen molar-refractivity contribution in [1.82, 2.24) is 0 Å². The van der Waals surface area contributed by atoms with Crippen molar-refractivity contribution in [3.8, 4) is 0 Å². The van der Waals surface area contributed by atoms with Gasteiger partial charge >= 0.3 is 0 Å². The predicted octanol–water partition coefficient (Wildman–Crippen LogP) is 1.17. The molecular weight excluding hydrogens is 164 g/mol. The van der Waals surface area contributed by atoms with Crippen molar-refractivity contribution in [2.45, 2.75) is 37.7 Å². The van der Waals surface area contributed by atoms with Crippen LogP contribution in [0.15, 0.2) is 0 Å². The third-order valence-corrected chi connectivity index (χ3v) is 4.65. The molecule has 2 atom stereocenters. The minimum absolute atomic E-state index is 0.331. The predicted molar refractivity (Wildman–Crippen MR) is 49.1 cm³/mol. The Morgan fingerprint density at radius 1 is 1.08 bits per heavy atom. The van der Waals surface area contributed by atoms with Crippen LogP contribution in [0.3, 0.4) is 0 Å². The maximum absolute atomic E-state index is 10.2. The normalized spacial score (nSPS) is 58.6. The average molecular weight is 182 g/mol. The summed E-state index contributed by atoms with van der Waals surface area (Å²) in [6, 6.07) is 0. The zero-order valence-corrected chi connectivity index (χ0v) is 7.95. The van der Waals surface area contributed by atoms with Crippen LogP contribution in [0.4, 0.5) is 0 Å². The fourth-order valence-electron chi connectivity index (χ4n) is 4.38. The molecule has 2 unspecified atom stereocenters. The molecule has 0 heterocycles. The topological polar surface area (TPSA) is 40.5 Å². The Morgan fingerprint density at radius 2 is 1.69 bits per heavy atom. The molecule has 0 aromatic carbocycles. The summed E-state index contributed by atoms with van der Waals surface area (Å²) < 4.78 is 0. The van der Waals surface area contributed by atoms with Crippen molar-refractivity contribution in [3.05, 3.63) is 0 Å². The molecule has 4 rings (SSSR count). The SMILES string of the molecule is OCC1C2CC3CC1CC(O)(C3)C2. The van der Waals surface area contributed by atoms with Crippen LogP contribution >= 0.6 is 0 Å². The van der Waals surface area contributed by atoms with E-state index in [-0.39, 0.29) is 5.60 Å². The molecule has 0 radical (unpaired) electrons. The van der Waals surface area contributed by atoms with E-state index in [2.05, 4.69) is 0 Å². The summed E-state index contributed by atoms with van der Waals surface area (Å²) >= 11 is 0. The van der Waals surface area contributed by atoms with Gasteiger partial charge in [-0.2, -0.15) is 0 Å². The molecule has 2 heteroatoms. The Balaban J connectivity index is 1.90. The van der Waals surface area contributed by atoms with E-state index in [9.17, 15) is 10.2 Å². The molecule has 4 saturated carbocycles. The first kappa shape index (κ1) is 8.25. The Bertz CT molecular complexity index is 210. The maximum atomic E-state index is 10.2. The van der Waals surface area contributed by atoms with Crippen LogP contribution in [-0.4, -0.2) is 22.4 Å². The van der Waals surface area contributed by atoms with Gasteiger partial charge in [-0.15, -0.1) is 0 Å². The third kappa shape index (κ3) is 1.08. The molecule has 0 aromatic heterocycles. The van der Waals surface area contributed by atoms with Crippen LogP contribution in [-0.2, 0) is 0 Å². The second-order valence-electron chi connectivity index (χ2n) is 5.54. The molecule has 4 bridgehead atoms. The minimum atomic E-state index is -0.331. The molecule has 4 aliphatic carbocycles. The van der Waals surface area contributed by atoms with Gasteiger partial charge in [-0.3, -0.25) is 0 Å². The van der Waals surface area contributed by atoms with E-state index in [0.29, 0.717) is 24.4 Å². The summed E-state index contributed by atoms with van der Waals surface area (Å²) in [5.41, 5.74) is -0.331. The lowest BCUT2D eigenvalue weighted by Crippen LogP contribution is -2.55. The van der Waals surface area contributed by atoms with Crippen molar-refractivity contribution in [2.75, 3.05) is 6.61 Å². The van der Waals surface area contributed by atoms with Crippen LogP contribution in [0.25, 0.3) is 0 Å². The lowest BCUT2D eigenvalue weighted by atomic mass is 9.50. The van der Waals surface area contributed by atoms with Crippen LogP contribution in [0.1, 0.15) is 32.1 Å². The van der Waals surface area contributed by atoms with E-state index in [0.717, 1.165) is 25.2 Å². The number of rotatable bonds is 1. The third-order valence-electron chi connectivity index (χ3n) is 4.65. The summed E-state index contributed by atoms with van der Waals surface area (Å²) in [6.07, 6.45) is 5.50. The lowest BCUT2D eigenvalue weighted by Gasteiger charge is -2.57. The van der Waals surface area contributed by atoms with E-state index in [1.807, 2.05) is 0 Å². The van der Waals surface area contributed by atoms with Gasteiger partial charge in [-0.05, 0) is 55.8 Å². The van der Waals surface area contributed by atoms with Gasteiger partial charge in [0.2, 0.25) is 0 Å². The number of hydrogen-bond donors (Lipinski definition) is 2. The van der Waals surface area contributed by atoms with Crippen molar-refractivity contribution >= 4 is 0 Å². The molecule has 0 aromatic rings. The van der Waals surface area contributed by atoms with Gasteiger partial charge in [-0.25, -0.2) is 0 Å². The molecule has 0 aliphatic heterocycles.